The standard InChI is InChI=1S/C12H13F2N5S/c1-17-5-6-2-7(13)11(8(14)3-6)20-12-18-9(15)4-10(16)19-12/h2-4,17H,5H2,1H3,(H4,15,16,18,19). The molecular formula is C12H13F2N5S. The molecule has 1 aromatic heterocycles. The fourth-order valence-corrected chi connectivity index (χ4v) is 2.41. The molecule has 0 saturated carbocycles. The topological polar surface area (TPSA) is 89.8 Å². The first-order valence-corrected chi connectivity index (χ1v) is 6.51. The maximum Gasteiger partial charge on any atom is 0.196 e. The van der Waals surface area contributed by atoms with Crippen LogP contribution in [-0.2, 0) is 6.54 Å². The summed E-state index contributed by atoms with van der Waals surface area (Å²) in [6, 6.07) is 3.89. The van der Waals surface area contributed by atoms with Crippen LogP contribution in [0, 0.1) is 11.6 Å². The first-order chi connectivity index (χ1) is 9.49. The summed E-state index contributed by atoms with van der Waals surface area (Å²) in [7, 11) is 1.70. The second kappa shape index (κ2) is 6.02. The van der Waals surface area contributed by atoms with E-state index in [0.29, 0.717) is 12.1 Å². The van der Waals surface area contributed by atoms with Gasteiger partial charge >= 0.3 is 0 Å². The fourth-order valence-electron chi connectivity index (χ4n) is 1.61. The molecule has 20 heavy (non-hydrogen) atoms. The summed E-state index contributed by atoms with van der Waals surface area (Å²) in [5.74, 6) is -1.06. The van der Waals surface area contributed by atoms with Crippen LogP contribution in [0.15, 0.2) is 28.3 Å². The molecule has 0 fully saturated rings. The lowest BCUT2D eigenvalue weighted by Crippen LogP contribution is -2.06. The number of aromatic nitrogens is 2. The zero-order valence-electron chi connectivity index (χ0n) is 10.7. The number of nitrogens with one attached hydrogen (secondary N) is 1. The molecule has 0 aliphatic carbocycles. The molecule has 0 saturated heterocycles. The first-order valence-electron chi connectivity index (χ1n) is 5.70. The Bertz CT molecular complexity index is 592. The van der Waals surface area contributed by atoms with Crippen molar-refractivity contribution in [2.45, 2.75) is 16.6 Å². The highest BCUT2D eigenvalue weighted by molar-refractivity contribution is 7.99. The van der Waals surface area contributed by atoms with Crippen LogP contribution in [-0.4, -0.2) is 17.0 Å². The molecule has 2 aromatic rings. The lowest BCUT2D eigenvalue weighted by atomic mass is 10.2. The van der Waals surface area contributed by atoms with Crippen molar-refractivity contribution < 1.29 is 8.78 Å². The highest BCUT2D eigenvalue weighted by atomic mass is 32.2. The van der Waals surface area contributed by atoms with E-state index in [-0.39, 0.29) is 21.7 Å². The van der Waals surface area contributed by atoms with Gasteiger partial charge in [-0.15, -0.1) is 0 Å². The van der Waals surface area contributed by atoms with Crippen LogP contribution in [0.2, 0.25) is 0 Å². The molecule has 106 valence electrons. The second-order valence-electron chi connectivity index (χ2n) is 4.02. The maximum atomic E-state index is 13.9. The zero-order valence-corrected chi connectivity index (χ0v) is 11.5. The molecule has 0 bridgehead atoms. The third-order valence-electron chi connectivity index (χ3n) is 2.38. The number of nitrogens with two attached hydrogens (primary N) is 2. The van der Waals surface area contributed by atoms with Gasteiger partial charge in [-0.2, -0.15) is 0 Å². The van der Waals surface area contributed by atoms with Crippen LogP contribution in [0.1, 0.15) is 5.56 Å². The Morgan fingerprint density at radius 2 is 1.65 bits per heavy atom. The van der Waals surface area contributed by atoms with Gasteiger partial charge in [0.25, 0.3) is 0 Å². The van der Waals surface area contributed by atoms with Gasteiger partial charge in [-0.05, 0) is 36.5 Å². The predicted octanol–water partition coefficient (Wildman–Crippen LogP) is 1.79. The van der Waals surface area contributed by atoms with Crippen LogP contribution in [0.25, 0.3) is 0 Å². The van der Waals surface area contributed by atoms with Crippen LogP contribution in [0.4, 0.5) is 20.4 Å². The van der Waals surface area contributed by atoms with Gasteiger partial charge < -0.3 is 16.8 Å². The van der Waals surface area contributed by atoms with Crippen molar-refractivity contribution in [2.75, 3.05) is 18.5 Å². The summed E-state index contributed by atoms with van der Waals surface area (Å²) in [6.07, 6.45) is 0. The molecule has 0 aliphatic rings. The van der Waals surface area contributed by atoms with Gasteiger partial charge in [0.05, 0.1) is 4.90 Å². The summed E-state index contributed by atoms with van der Waals surface area (Å²) in [5.41, 5.74) is 11.5. The molecule has 2 rings (SSSR count). The molecule has 0 unspecified atom stereocenters. The molecule has 0 atom stereocenters. The largest absolute Gasteiger partial charge is 0.383 e. The molecule has 5 nitrogen and oxygen atoms in total. The van der Waals surface area contributed by atoms with Crippen molar-refractivity contribution in [3.8, 4) is 0 Å². The van der Waals surface area contributed by atoms with Gasteiger partial charge in [0.15, 0.2) is 5.16 Å². The normalized spacial score (nSPS) is 10.8. The van der Waals surface area contributed by atoms with E-state index in [4.69, 9.17) is 11.5 Å². The Kier molecular flexibility index (Phi) is 4.35. The van der Waals surface area contributed by atoms with Crippen molar-refractivity contribution in [1.29, 1.82) is 0 Å². The van der Waals surface area contributed by atoms with Crippen molar-refractivity contribution in [1.82, 2.24) is 15.3 Å². The fraction of sp³-hybridized carbons (Fsp3) is 0.167. The first kappa shape index (κ1) is 14.5. The third kappa shape index (κ3) is 3.34. The van der Waals surface area contributed by atoms with Gasteiger partial charge in [0.2, 0.25) is 0 Å². The minimum Gasteiger partial charge on any atom is -0.383 e. The van der Waals surface area contributed by atoms with E-state index in [1.54, 1.807) is 7.05 Å². The lowest BCUT2D eigenvalue weighted by molar-refractivity contribution is 0.535. The van der Waals surface area contributed by atoms with Gasteiger partial charge in [-0.3, -0.25) is 0 Å². The SMILES string of the molecule is CNCc1cc(F)c(Sc2nc(N)cc(N)n2)c(F)c1. The quantitative estimate of drug-likeness (QED) is 0.745. The number of anilines is 2. The van der Waals surface area contributed by atoms with Gasteiger partial charge in [0, 0.05) is 12.6 Å². The molecule has 8 heteroatoms. The van der Waals surface area contributed by atoms with Crippen LogP contribution in [0.5, 0.6) is 0 Å². The minimum absolute atomic E-state index is 0.0988. The number of benzene rings is 1. The Morgan fingerprint density at radius 3 is 2.15 bits per heavy atom. The molecule has 0 amide bonds. The van der Waals surface area contributed by atoms with E-state index < -0.39 is 11.6 Å². The second-order valence-corrected chi connectivity index (χ2v) is 5.00. The van der Waals surface area contributed by atoms with Gasteiger partial charge in [0.1, 0.15) is 23.3 Å². The van der Waals surface area contributed by atoms with E-state index in [9.17, 15) is 8.78 Å². The van der Waals surface area contributed by atoms with Crippen LogP contribution in [0.3, 0.4) is 0 Å². The van der Waals surface area contributed by atoms with Gasteiger partial charge in [-0.25, -0.2) is 18.7 Å². The van der Waals surface area contributed by atoms with Crippen molar-refractivity contribution in [2.24, 2.45) is 0 Å². The van der Waals surface area contributed by atoms with Crippen molar-refractivity contribution in [3.05, 3.63) is 35.4 Å². The average molecular weight is 297 g/mol. The molecule has 0 spiro atoms. The Morgan fingerprint density at radius 1 is 1.10 bits per heavy atom. The smallest absolute Gasteiger partial charge is 0.196 e. The number of halogens is 2. The Balaban J connectivity index is 2.33. The number of hydrogen-bond donors (Lipinski definition) is 3. The number of hydrogen-bond acceptors (Lipinski definition) is 6. The van der Waals surface area contributed by atoms with E-state index in [0.717, 1.165) is 11.8 Å². The molecule has 0 radical (unpaired) electrons. The highest BCUT2D eigenvalue weighted by Crippen LogP contribution is 2.31. The number of nitrogens with zero attached hydrogens (tertiary/aromatic N) is 2. The van der Waals surface area contributed by atoms with Crippen LogP contribution >= 0.6 is 11.8 Å². The van der Waals surface area contributed by atoms with E-state index in [1.165, 1.54) is 18.2 Å². The summed E-state index contributed by atoms with van der Waals surface area (Å²) >= 11 is 0.743. The summed E-state index contributed by atoms with van der Waals surface area (Å²) in [4.78, 5) is 7.56. The van der Waals surface area contributed by atoms with E-state index in [2.05, 4.69) is 15.3 Å². The zero-order chi connectivity index (χ0) is 14.7. The third-order valence-corrected chi connectivity index (χ3v) is 3.34. The molecule has 1 heterocycles. The average Bonchev–Trinajstić information content (AvgIpc) is 2.33. The summed E-state index contributed by atoms with van der Waals surface area (Å²) < 4.78 is 27.8. The number of rotatable bonds is 4. The Labute approximate surface area is 118 Å². The predicted molar refractivity (Wildman–Crippen MR) is 74.1 cm³/mol. The number of nitrogen functional groups attached to an aromatic ring is 2. The summed E-state index contributed by atoms with van der Waals surface area (Å²) in [5, 5.41) is 2.92. The Hall–Kier alpha value is -1.93. The van der Waals surface area contributed by atoms with E-state index in [1.807, 2.05) is 0 Å². The molecule has 5 N–H and O–H groups in total. The minimum atomic E-state index is -0.676. The summed E-state index contributed by atoms with van der Waals surface area (Å²) in [6.45, 7) is 0.376. The van der Waals surface area contributed by atoms with E-state index >= 15 is 0 Å². The van der Waals surface area contributed by atoms with Crippen LogP contribution < -0.4 is 16.8 Å². The monoisotopic (exact) mass is 297 g/mol. The highest BCUT2D eigenvalue weighted by Gasteiger charge is 2.14. The maximum absolute atomic E-state index is 13.9. The van der Waals surface area contributed by atoms with Gasteiger partial charge in [-0.1, -0.05) is 0 Å². The lowest BCUT2D eigenvalue weighted by Gasteiger charge is -2.07. The van der Waals surface area contributed by atoms with Crippen molar-refractivity contribution >= 4 is 23.4 Å². The molecular weight excluding hydrogens is 284 g/mol. The molecule has 1 aromatic carbocycles. The molecule has 0 aliphatic heterocycles. The van der Waals surface area contributed by atoms with Crippen molar-refractivity contribution in [3.63, 3.8) is 0 Å².